The smallest absolute Gasteiger partial charge is 0.150 e. The summed E-state index contributed by atoms with van der Waals surface area (Å²) in [6.45, 7) is 6.71. The van der Waals surface area contributed by atoms with Gasteiger partial charge in [0.15, 0.2) is 0 Å². The molecule has 1 aliphatic rings. The lowest BCUT2D eigenvalue weighted by Crippen LogP contribution is -2.27. The van der Waals surface area contributed by atoms with Crippen LogP contribution in [0.3, 0.4) is 0 Å². The first-order chi connectivity index (χ1) is 9.67. The van der Waals surface area contributed by atoms with Gasteiger partial charge in [0.1, 0.15) is 5.82 Å². The number of aromatic nitrogens is 2. The average Bonchev–Trinajstić information content (AvgIpc) is 2.60. The van der Waals surface area contributed by atoms with Gasteiger partial charge in [0.05, 0.1) is 11.4 Å². The monoisotopic (exact) mass is 278 g/mol. The van der Waals surface area contributed by atoms with Gasteiger partial charge in [-0.15, -0.1) is 0 Å². The van der Waals surface area contributed by atoms with Crippen molar-refractivity contribution < 1.29 is 0 Å². The number of nitrogens with zero attached hydrogens (tertiary/aromatic N) is 3. The lowest BCUT2D eigenvalue weighted by Gasteiger charge is -2.23. The molecular formula is C16H30N4. The molecule has 0 aliphatic carbocycles. The molecule has 0 amide bonds. The van der Waals surface area contributed by atoms with Crippen molar-refractivity contribution in [3.8, 4) is 0 Å². The third-order valence-corrected chi connectivity index (χ3v) is 4.46. The van der Waals surface area contributed by atoms with Crippen LogP contribution in [0, 0.1) is 5.92 Å². The molecular weight excluding hydrogens is 248 g/mol. The zero-order valence-electron chi connectivity index (χ0n) is 13.4. The maximum Gasteiger partial charge on any atom is 0.150 e. The third kappa shape index (κ3) is 3.28. The molecule has 2 N–H and O–H groups in total. The molecule has 1 aliphatic heterocycles. The fourth-order valence-electron chi connectivity index (χ4n) is 3.46. The number of nitrogen functional groups attached to an aromatic ring is 1. The van der Waals surface area contributed by atoms with Crippen LogP contribution in [0.1, 0.15) is 58.1 Å². The Kier molecular flexibility index (Phi) is 5.32. The van der Waals surface area contributed by atoms with Gasteiger partial charge in [0, 0.05) is 20.1 Å². The molecule has 0 bridgehead atoms. The molecule has 4 nitrogen and oxygen atoms in total. The molecule has 1 aromatic heterocycles. The lowest BCUT2D eigenvalue weighted by molar-refractivity contribution is 0.435. The summed E-state index contributed by atoms with van der Waals surface area (Å²) >= 11 is 0. The minimum Gasteiger partial charge on any atom is -0.394 e. The normalized spacial score (nSPS) is 20.1. The fourth-order valence-corrected chi connectivity index (χ4v) is 3.46. The lowest BCUT2D eigenvalue weighted by atomic mass is 9.96. The molecule has 1 saturated heterocycles. The van der Waals surface area contributed by atoms with Gasteiger partial charge in [-0.2, -0.15) is 5.10 Å². The van der Waals surface area contributed by atoms with E-state index in [2.05, 4.69) is 23.8 Å². The minimum absolute atomic E-state index is 0.898. The molecule has 0 radical (unpaired) electrons. The van der Waals surface area contributed by atoms with Crippen molar-refractivity contribution in [3.05, 3.63) is 5.69 Å². The molecule has 2 rings (SSSR count). The Morgan fingerprint density at radius 3 is 2.70 bits per heavy atom. The summed E-state index contributed by atoms with van der Waals surface area (Å²) in [5, 5.41) is 4.61. The van der Waals surface area contributed by atoms with Crippen molar-refractivity contribution in [2.45, 2.75) is 58.8 Å². The molecule has 1 atom stereocenters. The molecule has 1 fully saturated rings. The van der Waals surface area contributed by atoms with Crippen LogP contribution in [0.15, 0.2) is 0 Å². The van der Waals surface area contributed by atoms with E-state index >= 15 is 0 Å². The molecule has 20 heavy (non-hydrogen) atoms. The Balaban J connectivity index is 2.11. The standard InChI is InChI=1S/C16H30N4/c1-4-7-13-9-6-11-20(12-10-13)16-15(17)14(8-5-2)18-19(16)3/h13H,4-12,17H2,1-3H3. The van der Waals surface area contributed by atoms with Gasteiger partial charge in [0.25, 0.3) is 0 Å². The highest BCUT2D eigenvalue weighted by Crippen LogP contribution is 2.31. The first kappa shape index (κ1) is 15.2. The summed E-state index contributed by atoms with van der Waals surface area (Å²) in [5.41, 5.74) is 8.32. The summed E-state index contributed by atoms with van der Waals surface area (Å²) in [7, 11) is 2.03. The van der Waals surface area contributed by atoms with Crippen molar-refractivity contribution in [2.24, 2.45) is 13.0 Å². The van der Waals surface area contributed by atoms with E-state index in [0.717, 1.165) is 49.0 Å². The van der Waals surface area contributed by atoms with Crippen LogP contribution in [-0.2, 0) is 13.5 Å². The second kappa shape index (κ2) is 7.00. The first-order valence-corrected chi connectivity index (χ1v) is 8.23. The van der Waals surface area contributed by atoms with Gasteiger partial charge >= 0.3 is 0 Å². The summed E-state index contributed by atoms with van der Waals surface area (Å²) in [6, 6.07) is 0. The van der Waals surface area contributed by atoms with E-state index in [9.17, 15) is 0 Å². The highest BCUT2D eigenvalue weighted by Gasteiger charge is 2.22. The molecule has 2 heterocycles. The SMILES string of the molecule is CCCc1nn(C)c(N2CCCC(CCC)CC2)c1N. The van der Waals surface area contributed by atoms with E-state index in [4.69, 9.17) is 5.73 Å². The highest BCUT2D eigenvalue weighted by molar-refractivity contribution is 5.66. The van der Waals surface area contributed by atoms with Crippen LogP contribution in [0.25, 0.3) is 0 Å². The highest BCUT2D eigenvalue weighted by atomic mass is 15.4. The minimum atomic E-state index is 0.898. The van der Waals surface area contributed by atoms with Gasteiger partial charge in [-0.3, -0.25) is 4.68 Å². The second-order valence-corrected chi connectivity index (χ2v) is 6.13. The first-order valence-electron chi connectivity index (χ1n) is 8.23. The van der Waals surface area contributed by atoms with Crippen molar-refractivity contribution in [3.63, 3.8) is 0 Å². The summed E-state index contributed by atoms with van der Waals surface area (Å²) < 4.78 is 1.99. The van der Waals surface area contributed by atoms with E-state index in [1.165, 1.54) is 32.1 Å². The molecule has 0 spiro atoms. The Hall–Kier alpha value is -1.19. The van der Waals surface area contributed by atoms with Crippen molar-refractivity contribution >= 4 is 11.5 Å². The fraction of sp³-hybridized carbons (Fsp3) is 0.812. The van der Waals surface area contributed by atoms with E-state index in [-0.39, 0.29) is 0 Å². The topological polar surface area (TPSA) is 47.1 Å². The van der Waals surface area contributed by atoms with Gasteiger partial charge in [-0.1, -0.05) is 33.1 Å². The van der Waals surface area contributed by atoms with Crippen LogP contribution in [0.4, 0.5) is 11.5 Å². The quantitative estimate of drug-likeness (QED) is 0.898. The van der Waals surface area contributed by atoms with E-state index in [1.807, 2.05) is 11.7 Å². The number of hydrogen-bond donors (Lipinski definition) is 1. The predicted molar refractivity (Wildman–Crippen MR) is 86.1 cm³/mol. The second-order valence-electron chi connectivity index (χ2n) is 6.13. The molecule has 0 aromatic carbocycles. The Bertz CT molecular complexity index is 424. The summed E-state index contributed by atoms with van der Waals surface area (Å²) in [5.74, 6) is 2.04. The van der Waals surface area contributed by atoms with Crippen molar-refractivity contribution in [1.29, 1.82) is 0 Å². The van der Waals surface area contributed by atoms with Crippen LogP contribution in [-0.4, -0.2) is 22.9 Å². The number of rotatable bonds is 5. The molecule has 1 aromatic rings. The van der Waals surface area contributed by atoms with E-state index < -0.39 is 0 Å². The number of nitrogens with two attached hydrogens (primary N) is 1. The molecule has 4 heteroatoms. The largest absolute Gasteiger partial charge is 0.394 e. The predicted octanol–water partition coefficient (Wildman–Crippen LogP) is 3.36. The van der Waals surface area contributed by atoms with Crippen molar-refractivity contribution in [1.82, 2.24) is 9.78 Å². The van der Waals surface area contributed by atoms with Gasteiger partial charge in [0.2, 0.25) is 0 Å². The van der Waals surface area contributed by atoms with Crippen LogP contribution in [0.2, 0.25) is 0 Å². The van der Waals surface area contributed by atoms with Crippen LogP contribution in [0.5, 0.6) is 0 Å². The maximum absolute atomic E-state index is 6.34. The van der Waals surface area contributed by atoms with Crippen LogP contribution >= 0.6 is 0 Å². The molecule has 114 valence electrons. The van der Waals surface area contributed by atoms with Gasteiger partial charge in [-0.05, 0) is 31.6 Å². The average molecular weight is 278 g/mol. The third-order valence-electron chi connectivity index (χ3n) is 4.46. The summed E-state index contributed by atoms with van der Waals surface area (Å²) in [4.78, 5) is 2.46. The summed E-state index contributed by atoms with van der Waals surface area (Å²) in [6.07, 6.45) is 8.68. The van der Waals surface area contributed by atoms with Crippen LogP contribution < -0.4 is 10.6 Å². The van der Waals surface area contributed by atoms with E-state index in [0.29, 0.717) is 0 Å². The Morgan fingerprint density at radius 1 is 1.20 bits per heavy atom. The zero-order valence-corrected chi connectivity index (χ0v) is 13.4. The number of anilines is 2. The molecule has 1 unspecified atom stereocenters. The Morgan fingerprint density at radius 2 is 2.00 bits per heavy atom. The number of aryl methyl sites for hydroxylation is 2. The van der Waals surface area contributed by atoms with Gasteiger partial charge in [-0.25, -0.2) is 0 Å². The Labute approximate surface area is 123 Å². The van der Waals surface area contributed by atoms with E-state index in [1.54, 1.807) is 0 Å². The maximum atomic E-state index is 6.34. The van der Waals surface area contributed by atoms with Gasteiger partial charge < -0.3 is 10.6 Å². The number of hydrogen-bond acceptors (Lipinski definition) is 3. The zero-order chi connectivity index (χ0) is 14.5. The van der Waals surface area contributed by atoms with Crippen molar-refractivity contribution in [2.75, 3.05) is 23.7 Å². The molecule has 0 saturated carbocycles.